The Morgan fingerprint density at radius 2 is 1.89 bits per heavy atom. The Kier molecular flexibility index (Phi) is 7.18. The van der Waals surface area contributed by atoms with E-state index >= 15 is 0 Å². The van der Waals surface area contributed by atoms with Gasteiger partial charge in [0.1, 0.15) is 23.7 Å². The van der Waals surface area contributed by atoms with Gasteiger partial charge < -0.3 is 19.9 Å². The summed E-state index contributed by atoms with van der Waals surface area (Å²) in [5.41, 5.74) is 0.675. The molecule has 35 heavy (non-hydrogen) atoms. The van der Waals surface area contributed by atoms with Gasteiger partial charge in [-0.05, 0) is 43.4 Å². The van der Waals surface area contributed by atoms with Crippen LogP contribution in [0.4, 0.5) is 4.79 Å². The minimum absolute atomic E-state index is 0.00331. The van der Waals surface area contributed by atoms with Crippen molar-refractivity contribution in [3.63, 3.8) is 0 Å². The van der Waals surface area contributed by atoms with Crippen LogP contribution in [0.2, 0.25) is 0 Å². The highest BCUT2D eigenvalue weighted by Gasteiger charge is 2.40. The number of phenols is 1. The van der Waals surface area contributed by atoms with Gasteiger partial charge in [0.05, 0.1) is 13.7 Å². The van der Waals surface area contributed by atoms with E-state index in [9.17, 15) is 23.1 Å². The van der Waals surface area contributed by atoms with Crippen LogP contribution in [0.15, 0.2) is 48.5 Å². The molecule has 4 rings (SSSR count). The first-order chi connectivity index (χ1) is 16.8. The lowest BCUT2D eigenvalue weighted by molar-refractivity contribution is 0.0929. The van der Waals surface area contributed by atoms with Crippen LogP contribution < -0.4 is 14.8 Å². The number of hydrogen-bond acceptors (Lipinski definition) is 7. The van der Waals surface area contributed by atoms with Crippen LogP contribution in [0.25, 0.3) is 0 Å². The van der Waals surface area contributed by atoms with Crippen molar-refractivity contribution in [2.45, 2.75) is 37.1 Å². The Hall–Kier alpha value is -3.31. The first kappa shape index (κ1) is 24.8. The molecule has 11 heteroatoms. The molecule has 0 unspecified atom stereocenters. The number of methoxy groups -OCH3 is 1. The van der Waals surface area contributed by atoms with Crippen molar-refractivity contribution < 1.29 is 32.6 Å². The van der Waals surface area contributed by atoms with Gasteiger partial charge in [0.2, 0.25) is 0 Å². The van der Waals surface area contributed by atoms with E-state index in [-0.39, 0.29) is 36.3 Å². The minimum atomic E-state index is -3.99. The first-order valence-electron chi connectivity index (χ1n) is 11.4. The highest BCUT2D eigenvalue weighted by atomic mass is 32.2. The van der Waals surface area contributed by atoms with Crippen molar-refractivity contribution in [2.75, 3.05) is 26.8 Å². The fraction of sp³-hybridized carbons (Fsp3) is 0.417. The molecule has 1 aliphatic heterocycles. The third-order valence-electron chi connectivity index (χ3n) is 6.70. The van der Waals surface area contributed by atoms with Crippen LogP contribution in [0.5, 0.6) is 11.5 Å². The maximum Gasteiger partial charge on any atom is 0.424 e. The van der Waals surface area contributed by atoms with Crippen LogP contribution in [-0.4, -0.2) is 62.7 Å². The van der Waals surface area contributed by atoms with Crippen molar-refractivity contribution >= 4 is 22.2 Å². The average molecular weight is 504 g/mol. The lowest BCUT2D eigenvalue weighted by Crippen LogP contribution is -2.50. The number of benzene rings is 2. The Balaban J connectivity index is 1.48. The molecule has 2 aliphatic rings. The van der Waals surface area contributed by atoms with Crippen LogP contribution in [0.3, 0.4) is 0 Å². The Bertz CT molecular complexity index is 1180. The number of nitrogens with one attached hydrogen (secondary N) is 2. The number of hydrogen-bond donors (Lipinski definition) is 3. The molecule has 0 atom stereocenters. The number of ether oxygens (including phenoxy) is 2. The van der Waals surface area contributed by atoms with Gasteiger partial charge in [0, 0.05) is 18.0 Å². The van der Waals surface area contributed by atoms with Crippen molar-refractivity contribution in [1.82, 2.24) is 14.3 Å². The van der Waals surface area contributed by atoms with E-state index in [1.165, 1.54) is 13.2 Å². The third kappa shape index (κ3) is 5.20. The van der Waals surface area contributed by atoms with Crippen molar-refractivity contribution in [1.29, 1.82) is 0 Å². The molecule has 2 aromatic rings. The summed E-state index contributed by atoms with van der Waals surface area (Å²) in [7, 11) is -2.56. The standard InChI is InChI=1S/C24H29N3O7S/c1-33-20-9-5-8-19(28)21(20)22(29)25-16-24(17-6-3-2-4-7-17)12-10-18(11-13-24)26-35(31,32)27-14-15-34-23(27)30/h2-9,18,26,28H,10-16H2,1H3,(H,25,29). The third-order valence-corrected chi connectivity index (χ3v) is 8.24. The predicted molar refractivity (Wildman–Crippen MR) is 127 cm³/mol. The van der Waals surface area contributed by atoms with Crippen molar-refractivity contribution in [3.05, 3.63) is 59.7 Å². The monoisotopic (exact) mass is 503 g/mol. The highest BCUT2D eigenvalue weighted by Crippen LogP contribution is 2.40. The van der Waals surface area contributed by atoms with Gasteiger partial charge in [0.25, 0.3) is 5.91 Å². The molecule has 2 aromatic carbocycles. The zero-order valence-electron chi connectivity index (χ0n) is 19.4. The molecular formula is C24H29N3O7S. The molecule has 188 valence electrons. The number of amides is 2. The second kappa shape index (κ2) is 10.1. The molecule has 2 fully saturated rings. The van der Waals surface area contributed by atoms with Gasteiger partial charge in [-0.15, -0.1) is 0 Å². The number of rotatable bonds is 8. The molecule has 2 amide bonds. The van der Waals surface area contributed by atoms with Gasteiger partial charge in [-0.3, -0.25) is 4.79 Å². The van der Waals surface area contributed by atoms with Crippen molar-refractivity contribution in [2.24, 2.45) is 0 Å². The van der Waals surface area contributed by atoms with E-state index in [0.717, 1.165) is 5.56 Å². The second-order valence-electron chi connectivity index (χ2n) is 8.77. The largest absolute Gasteiger partial charge is 0.507 e. The molecule has 1 heterocycles. The minimum Gasteiger partial charge on any atom is -0.507 e. The quantitative estimate of drug-likeness (QED) is 0.503. The van der Waals surface area contributed by atoms with Crippen LogP contribution >= 0.6 is 0 Å². The molecule has 1 saturated carbocycles. The molecule has 10 nitrogen and oxygen atoms in total. The maximum absolute atomic E-state index is 13.0. The first-order valence-corrected chi connectivity index (χ1v) is 12.9. The Morgan fingerprint density at radius 1 is 1.17 bits per heavy atom. The molecule has 0 aromatic heterocycles. The second-order valence-corrected chi connectivity index (χ2v) is 10.4. The lowest BCUT2D eigenvalue weighted by Gasteiger charge is -2.41. The normalized spacial score (nSPS) is 22.5. The van der Waals surface area contributed by atoms with E-state index < -0.39 is 27.6 Å². The Morgan fingerprint density at radius 3 is 2.51 bits per heavy atom. The number of phenolic OH excluding ortho intramolecular Hbond substituents is 1. The summed E-state index contributed by atoms with van der Waals surface area (Å²) in [4.78, 5) is 24.7. The molecule has 1 aliphatic carbocycles. The number of carbonyl (C=O) groups excluding carboxylic acids is 2. The van der Waals surface area contributed by atoms with E-state index in [4.69, 9.17) is 9.47 Å². The molecule has 0 radical (unpaired) electrons. The van der Waals surface area contributed by atoms with E-state index in [0.29, 0.717) is 36.5 Å². The smallest absolute Gasteiger partial charge is 0.424 e. The molecule has 0 spiro atoms. The molecular weight excluding hydrogens is 474 g/mol. The van der Waals surface area contributed by atoms with Gasteiger partial charge in [-0.2, -0.15) is 17.4 Å². The highest BCUT2D eigenvalue weighted by molar-refractivity contribution is 7.87. The fourth-order valence-corrected chi connectivity index (χ4v) is 6.12. The summed E-state index contributed by atoms with van der Waals surface area (Å²) < 4.78 is 38.6. The van der Waals surface area contributed by atoms with Gasteiger partial charge >= 0.3 is 16.3 Å². The predicted octanol–water partition coefficient (Wildman–Crippen LogP) is 2.30. The van der Waals surface area contributed by atoms with Gasteiger partial charge in [-0.25, -0.2) is 4.79 Å². The Labute approximate surface area is 204 Å². The molecule has 3 N–H and O–H groups in total. The number of cyclic esters (lactones) is 1. The summed E-state index contributed by atoms with van der Waals surface area (Å²) in [6.45, 7) is 0.338. The lowest BCUT2D eigenvalue weighted by atomic mass is 9.68. The van der Waals surface area contributed by atoms with Crippen LogP contribution in [0.1, 0.15) is 41.6 Å². The summed E-state index contributed by atoms with van der Waals surface area (Å²) in [6.07, 6.45) is 1.38. The van der Waals surface area contributed by atoms with Crippen LogP contribution in [0, 0.1) is 0 Å². The van der Waals surface area contributed by atoms with Crippen molar-refractivity contribution in [3.8, 4) is 11.5 Å². The molecule has 1 saturated heterocycles. The summed E-state index contributed by atoms with van der Waals surface area (Å²) in [5.74, 6) is -0.352. The van der Waals surface area contributed by atoms with E-state index in [1.807, 2.05) is 30.3 Å². The summed E-state index contributed by atoms with van der Waals surface area (Å²) in [5, 5.41) is 13.2. The van der Waals surface area contributed by atoms with Gasteiger partial charge in [0.15, 0.2) is 0 Å². The zero-order chi connectivity index (χ0) is 25.1. The topological polar surface area (TPSA) is 134 Å². The van der Waals surface area contributed by atoms with E-state index in [2.05, 4.69) is 10.0 Å². The number of nitrogens with zero attached hydrogens (tertiary/aromatic N) is 1. The number of aromatic hydroxyl groups is 1. The van der Waals surface area contributed by atoms with E-state index in [1.54, 1.807) is 12.1 Å². The average Bonchev–Trinajstić information content (AvgIpc) is 3.30. The SMILES string of the molecule is COc1cccc(O)c1C(=O)NCC1(c2ccccc2)CCC(NS(=O)(=O)N2CCOC2=O)CC1. The fourth-order valence-electron chi connectivity index (χ4n) is 4.77. The maximum atomic E-state index is 13.0. The number of carbonyl (C=O) groups is 2. The van der Waals surface area contributed by atoms with Gasteiger partial charge in [-0.1, -0.05) is 36.4 Å². The zero-order valence-corrected chi connectivity index (χ0v) is 20.2. The summed E-state index contributed by atoms with van der Waals surface area (Å²) in [6, 6.07) is 14.1. The van der Waals surface area contributed by atoms with Crippen LogP contribution in [-0.2, 0) is 20.4 Å². The molecule has 0 bridgehead atoms. The summed E-state index contributed by atoms with van der Waals surface area (Å²) >= 11 is 0.